The van der Waals surface area contributed by atoms with Gasteiger partial charge in [-0.3, -0.25) is 14.5 Å². The summed E-state index contributed by atoms with van der Waals surface area (Å²) in [7, 11) is 5.73. The second-order valence-corrected chi connectivity index (χ2v) is 10.0. The van der Waals surface area contributed by atoms with Gasteiger partial charge < -0.3 is 29.0 Å². The van der Waals surface area contributed by atoms with E-state index in [0.717, 1.165) is 0 Å². The summed E-state index contributed by atoms with van der Waals surface area (Å²) >= 11 is 14.1. The van der Waals surface area contributed by atoms with E-state index in [1.807, 2.05) is 0 Å². The van der Waals surface area contributed by atoms with Crippen LogP contribution in [0.2, 0.25) is 10.0 Å². The van der Waals surface area contributed by atoms with E-state index >= 15 is 0 Å². The highest BCUT2D eigenvalue weighted by atomic mass is 35.5. The fraction of sp³-hybridized carbons (Fsp3) is 0.192. The van der Waals surface area contributed by atoms with Gasteiger partial charge in [0.15, 0.2) is 23.0 Å². The number of H-pyrrole nitrogens is 1. The number of methoxy groups -OCH3 is 4. The molecule has 2 aromatic heterocycles. The summed E-state index contributed by atoms with van der Waals surface area (Å²) in [6.07, 6.45) is 0. The SMILES string of the molecule is COc1cc2nc(N3C(=O)C(=O)/C(=C(/O)c4cc(Cl)c(OC)c(Cl)c4OC)C3c3cccs3)[nH]c2cc1OC. The van der Waals surface area contributed by atoms with Crippen LogP contribution in [0, 0.1) is 0 Å². The van der Waals surface area contributed by atoms with Crippen LogP contribution in [0.25, 0.3) is 16.8 Å². The number of aliphatic hydroxyl groups is 1. The highest BCUT2D eigenvalue weighted by Gasteiger charge is 2.49. The lowest BCUT2D eigenvalue weighted by atomic mass is 9.99. The zero-order valence-corrected chi connectivity index (χ0v) is 23.3. The third-order valence-corrected chi connectivity index (χ3v) is 7.80. The molecule has 1 amide bonds. The van der Waals surface area contributed by atoms with Crippen molar-refractivity contribution >= 4 is 69.0 Å². The molecular weight excluding hydrogens is 569 g/mol. The number of hydrogen-bond acceptors (Lipinski definition) is 9. The topological polar surface area (TPSA) is 123 Å². The summed E-state index contributed by atoms with van der Waals surface area (Å²) in [6.45, 7) is 0. The van der Waals surface area contributed by atoms with Gasteiger partial charge in [0, 0.05) is 17.0 Å². The van der Waals surface area contributed by atoms with Gasteiger partial charge in [-0.05, 0) is 17.5 Å². The van der Waals surface area contributed by atoms with Crippen molar-refractivity contribution in [3.05, 3.63) is 61.8 Å². The average Bonchev–Trinajstić information content (AvgIpc) is 3.65. The number of carbonyl (C=O) groups is 2. The lowest BCUT2D eigenvalue weighted by Gasteiger charge is -2.22. The van der Waals surface area contributed by atoms with Crippen LogP contribution in [0.3, 0.4) is 0 Å². The van der Waals surface area contributed by atoms with Crippen molar-refractivity contribution in [1.29, 1.82) is 0 Å². The van der Waals surface area contributed by atoms with Crippen LogP contribution in [0.1, 0.15) is 16.5 Å². The second-order valence-electron chi connectivity index (χ2n) is 8.26. The third kappa shape index (κ3) is 4.22. The molecule has 39 heavy (non-hydrogen) atoms. The lowest BCUT2D eigenvalue weighted by Crippen LogP contribution is -2.30. The van der Waals surface area contributed by atoms with Gasteiger partial charge in [-0.1, -0.05) is 29.3 Å². The molecule has 1 fully saturated rings. The first-order valence-corrected chi connectivity index (χ1v) is 13.0. The molecule has 1 saturated heterocycles. The number of ether oxygens (including phenoxy) is 4. The van der Waals surface area contributed by atoms with Crippen LogP contribution in [-0.2, 0) is 9.59 Å². The summed E-state index contributed by atoms with van der Waals surface area (Å²) in [5, 5.41) is 13.4. The third-order valence-electron chi connectivity index (χ3n) is 6.25. The van der Waals surface area contributed by atoms with Crippen LogP contribution in [0.4, 0.5) is 5.95 Å². The molecule has 3 heterocycles. The number of aromatic nitrogens is 2. The minimum Gasteiger partial charge on any atom is -0.507 e. The number of Topliss-reactive ketones (excluding diaryl/α,β-unsaturated/α-hetero) is 1. The van der Waals surface area contributed by atoms with Gasteiger partial charge in [-0.2, -0.15) is 0 Å². The number of aromatic amines is 1. The van der Waals surface area contributed by atoms with Gasteiger partial charge >= 0.3 is 5.91 Å². The highest BCUT2D eigenvalue weighted by Crippen LogP contribution is 2.48. The first-order valence-electron chi connectivity index (χ1n) is 11.3. The van der Waals surface area contributed by atoms with Gasteiger partial charge in [-0.15, -0.1) is 11.3 Å². The minimum atomic E-state index is -1.02. The van der Waals surface area contributed by atoms with Crippen LogP contribution in [0.5, 0.6) is 23.0 Å². The number of rotatable bonds is 7. The molecule has 2 N–H and O–H groups in total. The fourth-order valence-electron chi connectivity index (χ4n) is 4.50. The quantitative estimate of drug-likeness (QED) is 0.162. The predicted octanol–water partition coefficient (Wildman–Crippen LogP) is 5.59. The molecule has 10 nitrogen and oxygen atoms in total. The zero-order valence-electron chi connectivity index (χ0n) is 21.0. The number of nitrogens with zero attached hydrogens (tertiary/aromatic N) is 2. The predicted molar refractivity (Wildman–Crippen MR) is 148 cm³/mol. The number of fused-ring (bicyclic) bond motifs is 1. The Bertz CT molecular complexity index is 1610. The van der Waals surface area contributed by atoms with Crippen molar-refractivity contribution in [1.82, 2.24) is 9.97 Å². The van der Waals surface area contributed by atoms with Gasteiger partial charge in [-0.25, -0.2) is 4.98 Å². The fourth-order valence-corrected chi connectivity index (χ4v) is 6.01. The van der Waals surface area contributed by atoms with Gasteiger partial charge in [0.1, 0.15) is 16.8 Å². The number of halogens is 2. The molecular formula is C26H21Cl2N3O7S. The molecule has 0 saturated carbocycles. The van der Waals surface area contributed by atoms with Crippen molar-refractivity contribution in [3.63, 3.8) is 0 Å². The molecule has 1 aliphatic heterocycles. The Morgan fingerprint density at radius 3 is 2.33 bits per heavy atom. The maximum atomic E-state index is 13.5. The van der Waals surface area contributed by atoms with Gasteiger partial charge in [0.2, 0.25) is 5.95 Å². The maximum absolute atomic E-state index is 13.5. The van der Waals surface area contributed by atoms with Crippen LogP contribution < -0.4 is 23.8 Å². The molecule has 2 aromatic carbocycles. The first kappa shape index (κ1) is 26.7. The van der Waals surface area contributed by atoms with E-state index in [4.69, 9.17) is 42.1 Å². The van der Waals surface area contributed by atoms with Gasteiger partial charge in [0.05, 0.1) is 55.6 Å². The Morgan fingerprint density at radius 2 is 1.72 bits per heavy atom. The van der Waals surface area contributed by atoms with E-state index in [1.165, 1.54) is 50.7 Å². The van der Waals surface area contributed by atoms with Gasteiger partial charge in [0.25, 0.3) is 5.78 Å². The summed E-state index contributed by atoms with van der Waals surface area (Å²) in [5.41, 5.74) is 0.857. The molecule has 0 spiro atoms. The van der Waals surface area contributed by atoms with E-state index in [0.29, 0.717) is 27.4 Å². The summed E-state index contributed by atoms with van der Waals surface area (Å²) in [5.74, 6) is -1.18. The number of benzene rings is 2. The zero-order chi connectivity index (χ0) is 28.0. The summed E-state index contributed by atoms with van der Waals surface area (Å²) < 4.78 is 21.4. The van der Waals surface area contributed by atoms with Crippen molar-refractivity contribution in [3.8, 4) is 23.0 Å². The maximum Gasteiger partial charge on any atom is 0.302 e. The molecule has 13 heteroatoms. The highest BCUT2D eigenvalue weighted by molar-refractivity contribution is 7.10. The Balaban J connectivity index is 1.73. The van der Waals surface area contributed by atoms with Crippen LogP contribution >= 0.6 is 34.5 Å². The number of thiophene rings is 1. The van der Waals surface area contributed by atoms with Crippen LogP contribution in [0.15, 0.2) is 41.3 Å². The minimum absolute atomic E-state index is 0.00358. The number of carbonyl (C=O) groups excluding carboxylic acids is 2. The first-order chi connectivity index (χ1) is 18.7. The van der Waals surface area contributed by atoms with Crippen molar-refractivity contribution in [2.75, 3.05) is 33.3 Å². The Morgan fingerprint density at radius 1 is 1.03 bits per heavy atom. The van der Waals surface area contributed by atoms with E-state index in [1.54, 1.807) is 29.6 Å². The van der Waals surface area contributed by atoms with Crippen molar-refractivity contribution in [2.45, 2.75) is 6.04 Å². The summed E-state index contributed by atoms with van der Waals surface area (Å²) in [6, 6.07) is 7.19. The number of anilines is 1. The van der Waals surface area contributed by atoms with Crippen molar-refractivity contribution in [2.24, 2.45) is 0 Å². The molecule has 1 aliphatic rings. The molecule has 202 valence electrons. The average molecular weight is 590 g/mol. The number of nitrogens with one attached hydrogen (secondary N) is 1. The molecule has 1 unspecified atom stereocenters. The summed E-state index contributed by atoms with van der Waals surface area (Å²) in [4.78, 5) is 36.4. The number of imidazole rings is 1. The Hall–Kier alpha value is -3.93. The largest absolute Gasteiger partial charge is 0.507 e. The molecule has 0 radical (unpaired) electrons. The monoisotopic (exact) mass is 589 g/mol. The van der Waals surface area contributed by atoms with E-state index < -0.39 is 23.5 Å². The standard InChI is InChI=1S/C26H21Cl2N3O7S/c1-35-15-9-13-14(10-16(15)36-2)30-26(29-13)31-20(17-6-5-7-39-17)18(22(33)25(31)34)21(32)11-8-12(27)24(38-4)19(28)23(11)37-3/h5-10,20,32H,1-4H3,(H,29,30)/b21-18+. The molecule has 1 atom stereocenters. The lowest BCUT2D eigenvalue weighted by molar-refractivity contribution is -0.132. The number of amides is 1. The normalized spacial score (nSPS) is 16.7. The number of aliphatic hydroxyl groups excluding tert-OH is 1. The number of hydrogen-bond donors (Lipinski definition) is 2. The number of ketones is 1. The second kappa shape index (κ2) is 10.3. The van der Waals surface area contributed by atoms with E-state index in [-0.39, 0.29) is 38.6 Å². The van der Waals surface area contributed by atoms with E-state index in [9.17, 15) is 14.7 Å². The molecule has 5 rings (SSSR count). The smallest absolute Gasteiger partial charge is 0.302 e. The Kier molecular flexibility index (Phi) is 7.06. The molecule has 0 aliphatic carbocycles. The van der Waals surface area contributed by atoms with E-state index in [2.05, 4.69) is 9.97 Å². The van der Waals surface area contributed by atoms with Crippen molar-refractivity contribution < 1.29 is 33.6 Å². The molecule has 4 aromatic rings. The Labute approximate surface area is 236 Å². The van der Waals surface area contributed by atoms with Crippen LogP contribution in [-0.4, -0.2) is 55.2 Å². The molecule has 0 bridgehead atoms.